The highest BCUT2D eigenvalue weighted by Crippen LogP contribution is 2.24. The van der Waals surface area contributed by atoms with Crippen molar-refractivity contribution < 1.29 is 9.90 Å². The Balaban J connectivity index is 1.52. The van der Waals surface area contributed by atoms with E-state index in [1.807, 2.05) is 72.2 Å². The molecule has 0 saturated carbocycles. The number of fused-ring (bicyclic) bond motifs is 1. The van der Waals surface area contributed by atoms with E-state index in [1.54, 1.807) is 11.2 Å². The summed E-state index contributed by atoms with van der Waals surface area (Å²) in [5, 5.41) is 16.6. The summed E-state index contributed by atoms with van der Waals surface area (Å²) in [5.41, 5.74) is 2.79. The Hall–Kier alpha value is -3.16. The van der Waals surface area contributed by atoms with Gasteiger partial charge in [0.15, 0.2) is 17.8 Å². The summed E-state index contributed by atoms with van der Waals surface area (Å²) in [6, 6.07) is 19.8. The van der Waals surface area contributed by atoms with Crippen LogP contribution in [0, 0.1) is 0 Å². The molecule has 7 nitrogen and oxygen atoms in total. The number of amides is 1. The third kappa shape index (κ3) is 4.22. The van der Waals surface area contributed by atoms with Gasteiger partial charge in [0.05, 0.1) is 12.9 Å². The molecule has 2 aromatic carbocycles. The molecule has 1 aliphatic heterocycles. The van der Waals surface area contributed by atoms with Crippen LogP contribution < -0.4 is 10.6 Å². The summed E-state index contributed by atoms with van der Waals surface area (Å²) in [4.78, 5) is 19.5. The predicted molar refractivity (Wildman–Crippen MR) is 116 cm³/mol. The molecule has 4 rings (SSSR count). The second-order valence-corrected chi connectivity index (χ2v) is 7.43. The van der Waals surface area contributed by atoms with Crippen LogP contribution in [0.2, 0.25) is 0 Å². The maximum Gasteiger partial charge on any atom is 0.277 e. The molecule has 30 heavy (non-hydrogen) atoms. The van der Waals surface area contributed by atoms with Gasteiger partial charge < -0.3 is 19.9 Å². The summed E-state index contributed by atoms with van der Waals surface area (Å²) in [5.74, 6) is 0.489. The monoisotopic (exact) mass is 405 g/mol. The first kappa shape index (κ1) is 20.1. The molecule has 1 unspecified atom stereocenters. The number of benzene rings is 2. The molecule has 0 bridgehead atoms. The second kappa shape index (κ2) is 9.11. The standard InChI is InChI=1S/C23H27N5O2/c1-2-28-22(30)20-21(24-16-27(20)14-18-11-7-4-8-12-18)26-23(28)25-19(15-29)13-17-9-5-3-6-10-17/h3-12,16,19,23,25-26,29H,2,13-15H2,1H3/t19-,23?/m1/s1. The van der Waals surface area contributed by atoms with Crippen molar-refractivity contribution in [2.75, 3.05) is 18.5 Å². The molecule has 0 fully saturated rings. The first-order valence-corrected chi connectivity index (χ1v) is 10.3. The van der Waals surface area contributed by atoms with Gasteiger partial charge in [-0.2, -0.15) is 0 Å². The molecule has 0 saturated heterocycles. The number of carbonyl (C=O) groups excluding carboxylic acids is 1. The van der Waals surface area contributed by atoms with Gasteiger partial charge in [0.1, 0.15) is 0 Å². The first-order chi connectivity index (χ1) is 14.7. The number of hydrogen-bond acceptors (Lipinski definition) is 5. The smallest absolute Gasteiger partial charge is 0.277 e. The normalized spacial score (nSPS) is 16.8. The van der Waals surface area contributed by atoms with Gasteiger partial charge in [-0.1, -0.05) is 60.7 Å². The van der Waals surface area contributed by atoms with Crippen LogP contribution in [0.25, 0.3) is 0 Å². The molecule has 0 spiro atoms. The Morgan fingerprint density at radius 2 is 1.77 bits per heavy atom. The molecule has 2 heterocycles. The Labute approximate surface area is 176 Å². The highest BCUT2D eigenvalue weighted by molar-refractivity contribution is 5.99. The summed E-state index contributed by atoms with van der Waals surface area (Å²) in [6.45, 7) is 3.03. The van der Waals surface area contributed by atoms with Crippen molar-refractivity contribution in [1.29, 1.82) is 0 Å². The van der Waals surface area contributed by atoms with E-state index in [9.17, 15) is 9.90 Å². The zero-order chi connectivity index (χ0) is 20.9. The number of aliphatic hydroxyl groups is 1. The minimum Gasteiger partial charge on any atom is -0.395 e. The minimum absolute atomic E-state index is 0.0336. The molecule has 3 aromatic rings. The van der Waals surface area contributed by atoms with E-state index in [0.717, 1.165) is 11.1 Å². The van der Waals surface area contributed by atoms with Crippen LogP contribution in [0.15, 0.2) is 67.0 Å². The van der Waals surface area contributed by atoms with Crippen molar-refractivity contribution in [3.63, 3.8) is 0 Å². The van der Waals surface area contributed by atoms with Gasteiger partial charge in [-0.05, 0) is 24.5 Å². The molecule has 0 aliphatic carbocycles. The summed E-state index contributed by atoms with van der Waals surface area (Å²) < 4.78 is 1.88. The maximum atomic E-state index is 13.3. The van der Waals surface area contributed by atoms with Crippen LogP contribution in [0.5, 0.6) is 0 Å². The fraction of sp³-hybridized carbons (Fsp3) is 0.304. The lowest BCUT2D eigenvalue weighted by atomic mass is 10.1. The fourth-order valence-electron chi connectivity index (χ4n) is 3.83. The highest BCUT2D eigenvalue weighted by atomic mass is 16.3. The Bertz CT molecular complexity index is 974. The number of aromatic nitrogens is 2. The topological polar surface area (TPSA) is 82.4 Å². The van der Waals surface area contributed by atoms with E-state index in [2.05, 4.69) is 15.6 Å². The molecule has 3 N–H and O–H groups in total. The van der Waals surface area contributed by atoms with Crippen LogP contribution >= 0.6 is 0 Å². The SMILES string of the molecule is CCN1C(=O)c2c(ncn2Cc2ccccc2)NC1N[C@@H](CO)Cc1ccccc1. The van der Waals surface area contributed by atoms with Crippen LogP contribution in [-0.4, -0.2) is 50.9 Å². The zero-order valence-corrected chi connectivity index (χ0v) is 17.0. The van der Waals surface area contributed by atoms with E-state index in [-0.39, 0.29) is 18.6 Å². The number of nitrogens with one attached hydrogen (secondary N) is 2. The third-order valence-electron chi connectivity index (χ3n) is 5.36. The van der Waals surface area contributed by atoms with E-state index in [4.69, 9.17) is 0 Å². The van der Waals surface area contributed by atoms with Gasteiger partial charge in [0.2, 0.25) is 0 Å². The molecule has 7 heteroatoms. The highest BCUT2D eigenvalue weighted by Gasteiger charge is 2.35. The summed E-state index contributed by atoms with van der Waals surface area (Å²) in [7, 11) is 0. The lowest BCUT2D eigenvalue weighted by molar-refractivity contribution is 0.0624. The number of carbonyl (C=O) groups is 1. The second-order valence-electron chi connectivity index (χ2n) is 7.43. The van der Waals surface area contributed by atoms with Crippen LogP contribution in [0.3, 0.4) is 0 Å². The number of rotatable bonds is 8. The first-order valence-electron chi connectivity index (χ1n) is 10.3. The number of anilines is 1. The van der Waals surface area contributed by atoms with Gasteiger partial charge in [0, 0.05) is 19.1 Å². The number of nitrogens with zero attached hydrogens (tertiary/aromatic N) is 3. The van der Waals surface area contributed by atoms with Crippen molar-refractivity contribution in [1.82, 2.24) is 19.8 Å². The van der Waals surface area contributed by atoms with Crippen LogP contribution in [-0.2, 0) is 13.0 Å². The molecule has 156 valence electrons. The maximum absolute atomic E-state index is 13.3. The third-order valence-corrected chi connectivity index (χ3v) is 5.36. The van der Waals surface area contributed by atoms with E-state index in [1.165, 1.54) is 0 Å². The molecule has 1 aromatic heterocycles. The zero-order valence-electron chi connectivity index (χ0n) is 17.0. The largest absolute Gasteiger partial charge is 0.395 e. The number of imidazole rings is 1. The number of hydrogen-bond donors (Lipinski definition) is 3. The lowest BCUT2D eigenvalue weighted by Gasteiger charge is -2.38. The van der Waals surface area contributed by atoms with Crippen molar-refractivity contribution in [2.24, 2.45) is 0 Å². The van der Waals surface area contributed by atoms with E-state index < -0.39 is 6.29 Å². The molecule has 2 atom stereocenters. The van der Waals surface area contributed by atoms with E-state index in [0.29, 0.717) is 31.0 Å². The van der Waals surface area contributed by atoms with Gasteiger partial charge in [-0.3, -0.25) is 10.1 Å². The van der Waals surface area contributed by atoms with Crippen molar-refractivity contribution in [3.8, 4) is 0 Å². The average molecular weight is 406 g/mol. The van der Waals surface area contributed by atoms with Crippen molar-refractivity contribution >= 4 is 11.7 Å². The molecule has 1 amide bonds. The Morgan fingerprint density at radius 1 is 1.10 bits per heavy atom. The van der Waals surface area contributed by atoms with Crippen molar-refractivity contribution in [3.05, 3.63) is 83.8 Å². The van der Waals surface area contributed by atoms with Gasteiger partial charge in [-0.25, -0.2) is 4.98 Å². The van der Waals surface area contributed by atoms with Gasteiger partial charge in [-0.15, -0.1) is 0 Å². The van der Waals surface area contributed by atoms with E-state index >= 15 is 0 Å². The molecule has 0 radical (unpaired) electrons. The average Bonchev–Trinajstić information content (AvgIpc) is 3.17. The molecular formula is C23H27N5O2. The predicted octanol–water partition coefficient (Wildman–Crippen LogP) is 2.30. The Kier molecular flexibility index (Phi) is 6.11. The van der Waals surface area contributed by atoms with Gasteiger partial charge >= 0.3 is 0 Å². The number of aliphatic hydroxyl groups excluding tert-OH is 1. The van der Waals surface area contributed by atoms with Gasteiger partial charge in [0.25, 0.3) is 5.91 Å². The Morgan fingerprint density at radius 3 is 2.40 bits per heavy atom. The van der Waals surface area contributed by atoms with Crippen LogP contribution in [0.1, 0.15) is 28.5 Å². The molecule has 1 aliphatic rings. The quantitative estimate of drug-likeness (QED) is 0.536. The van der Waals surface area contributed by atoms with Crippen LogP contribution in [0.4, 0.5) is 5.82 Å². The summed E-state index contributed by atoms with van der Waals surface area (Å²) >= 11 is 0. The summed E-state index contributed by atoms with van der Waals surface area (Å²) in [6.07, 6.45) is 1.93. The fourth-order valence-corrected chi connectivity index (χ4v) is 3.83. The minimum atomic E-state index is -0.434. The van der Waals surface area contributed by atoms with Crippen molar-refractivity contribution in [2.45, 2.75) is 32.2 Å². The lowest BCUT2D eigenvalue weighted by Crippen LogP contribution is -2.59. The molecular weight excluding hydrogens is 378 g/mol.